The lowest BCUT2D eigenvalue weighted by atomic mass is 10.2. The van der Waals surface area contributed by atoms with Crippen LogP contribution in [0.1, 0.15) is 4.88 Å². The van der Waals surface area contributed by atoms with Crippen LogP contribution in [0.4, 0.5) is 0 Å². The van der Waals surface area contributed by atoms with Crippen molar-refractivity contribution in [2.45, 2.75) is 13.1 Å². The first-order valence-corrected chi connectivity index (χ1v) is 9.32. The van der Waals surface area contributed by atoms with Gasteiger partial charge in [0, 0.05) is 23.4 Å². The fraction of sp³-hybridized carbons (Fsp3) is 0.316. The smallest absolute Gasteiger partial charge is 0.244 e. The van der Waals surface area contributed by atoms with Crippen LogP contribution in [-0.4, -0.2) is 52.7 Å². The normalized spacial score (nSPS) is 11.2. The molecule has 0 saturated carbocycles. The summed E-state index contributed by atoms with van der Waals surface area (Å²) in [6.07, 6.45) is 1.28. The van der Waals surface area contributed by atoms with Crippen LogP contribution in [0.3, 0.4) is 0 Å². The van der Waals surface area contributed by atoms with E-state index in [1.807, 2.05) is 54.7 Å². The van der Waals surface area contributed by atoms with Gasteiger partial charge in [0.05, 0.1) is 18.3 Å². The third-order valence-corrected chi connectivity index (χ3v) is 5.00. The monoisotopic (exact) mass is 370 g/mol. The number of rotatable bonds is 7. The Bertz CT molecular complexity index is 934. The molecule has 6 nitrogen and oxygen atoms in total. The van der Waals surface area contributed by atoms with Gasteiger partial charge in [-0.15, -0.1) is 11.3 Å². The minimum atomic E-state index is -0.132. The summed E-state index contributed by atoms with van der Waals surface area (Å²) in [6.45, 7) is 2.12. The molecule has 0 aliphatic rings. The molecule has 0 fully saturated rings. The van der Waals surface area contributed by atoms with Crippen LogP contribution in [-0.2, 0) is 17.9 Å². The second kappa shape index (κ2) is 8.25. The number of hydrogen-bond donors (Lipinski definition) is 0. The second-order valence-electron chi connectivity index (χ2n) is 6.38. The zero-order valence-corrected chi connectivity index (χ0v) is 15.8. The number of aromatic nitrogens is 2. The van der Waals surface area contributed by atoms with E-state index in [1.54, 1.807) is 22.1 Å². The Morgan fingerprint density at radius 1 is 1.15 bits per heavy atom. The van der Waals surface area contributed by atoms with Crippen LogP contribution < -0.4 is 5.43 Å². The Morgan fingerprint density at radius 3 is 2.69 bits per heavy atom. The summed E-state index contributed by atoms with van der Waals surface area (Å²) in [5.74, 6) is -0.0125. The molecule has 2 heterocycles. The second-order valence-corrected chi connectivity index (χ2v) is 7.41. The number of nitrogens with zero attached hydrogens (tertiary/aromatic N) is 4. The van der Waals surface area contributed by atoms with Gasteiger partial charge in [0.1, 0.15) is 6.54 Å². The predicted molar refractivity (Wildman–Crippen MR) is 104 cm³/mol. The Hall–Kier alpha value is -2.51. The molecular formula is C19H22N4O2S. The van der Waals surface area contributed by atoms with Gasteiger partial charge in [-0.2, -0.15) is 5.10 Å². The highest BCUT2D eigenvalue weighted by Gasteiger charge is 2.17. The maximum Gasteiger partial charge on any atom is 0.244 e. The zero-order chi connectivity index (χ0) is 18.5. The summed E-state index contributed by atoms with van der Waals surface area (Å²) in [4.78, 5) is 30.0. The number of likely N-dealkylation sites (N-methyl/N-ethyl adjacent to an activating group) is 1. The van der Waals surface area contributed by atoms with Crippen molar-refractivity contribution in [1.29, 1.82) is 0 Å². The molecule has 0 N–H and O–H groups in total. The van der Waals surface area contributed by atoms with Crippen molar-refractivity contribution < 1.29 is 4.79 Å². The number of fused-ring (bicyclic) bond motifs is 1. The predicted octanol–water partition coefficient (Wildman–Crippen LogP) is 2.05. The maximum atomic E-state index is 13.0. The first-order chi connectivity index (χ1) is 12.5. The summed E-state index contributed by atoms with van der Waals surface area (Å²) < 4.78 is 1.61. The van der Waals surface area contributed by atoms with Crippen LogP contribution in [0.2, 0.25) is 0 Å². The van der Waals surface area contributed by atoms with Crippen LogP contribution in [0.15, 0.2) is 52.8 Å². The summed E-state index contributed by atoms with van der Waals surface area (Å²) in [5.41, 5.74) is 0.546. The number of benzene rings is 1. The Labute approximate surface area is 156 Å². The highest BCUT2D eigenvalue weighted by molar-refractivity contribution is 7.09. The van der Waals surface area contributed by atoms with Gasteiger partial charge in [-0.05, 0) is 37.7 Å². The average Bonchev–Trinajstić information content (AvgIpc) is 3.14. The molecule has 0 spiro atoms. The van der Waals surface area contributed by atoms with E-state index in [9.17, 15) is 9.59 Å². The number of thiophene rings is 1. The van der Waals surface area contributed by atoms with Crippen molar-refractivity contribution in [2.24, 2.45) is 0 Å². The Morgan fingerprint density at radius 2 is 1.96 bits per heavy atom. The molecule has 0 aliphatic carbocycles. The van der Waals surface area contributed by atoms with E-state index in [2.05, 4.69) is 10.00 Å². The summed E-state index contributed by atoms with van der Waals surface area (Å²) in [6, 6.07) is 11.3. The van der Waals surface area contributed by atoms with Gasteiger partial charge in [0.2, 0.25) is 11.3 Å². The molecule has 0 unspecified atom stereocenters. The molecule has 0 bridgehead atoms. The number of hydrogen-bond acceptors (Lipinski definition) is 5. The number of carbonyl (C=O) groups is 1. The first-order valence-electron chi connectivity index (χ1n) is 8.44. The van der Waals surface area contributed by atoms with Crippen LogP contribution in [0.25, 0.3) is 10.9 Å². The first kappa shape index (κ1) is 18.3. The fourth-order valence-electron chi connectivity index (χ4n) is 2.72. The van der Waals surface area contributed by atoms with Crippen molar-refractivity contribution in [3.8, 4) is 0 Å². The van der Waals surface area contributed by atoms with Crippen molar-refractivity contribution in [1.82, 2.24) is 19.6 Å². The van der Waals surface area contributed by atoms with E-state index in [0.717, 1.165) is 11.4 Å². The van der Waals surface area contributed by atoms with E-state index in [4.69, 9.17) is 0 Å². The van der Waals surface area contributed by atoms with Crippen molar-refractivity contribution >= 4 is 28.1 Å². The largest absolute Gasteiger partial charge is 0.335 e. The van der Waals surface area contributed by atoms with Gasteiger partial charge in [0.25, 0.3) is 0 Å². The lowest BCUT2D eigenvalue weighted by Crippen LogP contribution is -2.38. The molecule has 0 saturated heterocycles. The third kappa shape index (κ3) is 4.36. The molecule has 0 aliphatic heterocycles. The molecule has 7 heteroatoms. The van der Waals surface area contributed by atoms with Gasteiger partial charge < -0.3 is 9.80 Å². The Balaban J connectivity index is 1.83. The van der Waals surface area contributed by atoms with Crippen molar-refractivity contribution in [2.75, 3.05) is 27.2 Å². The van der Waals surface area contributed by atoms with Gasteiger partial charge in [0.15, 0.2) is 0 Å². The minimum absolute atomic E-state index is 0.0125. The van der Waals surface area contributed by atoms with Gasteiger partial charge >= 0.3 is 0 Å². The van der Waals surface area contributed by atoms with Gasteiger partial charge in [-0.25, -0.2) is 0 Å². The minimum Gasteiger partial charge on any atom is -0.335 e. The third-order valence-electron chi connectivity index (χ3n) is 4.14. The fourth-order valence-corrected chi connectivity index (χ4v) is 3.44. The highest BCUT2D eigenvalue weighted by atomic mass is 32.1. The summed E-state index contributed by atoms with van der Waals surface area (Å²) >= 11 is 1.64. The lowest BCUT2D eigenvalue weighted by molar-refractivity contribution is -0.132. The molecule has 0 radical (unpaired) electrons. The molecule has 2 aromatic heterocycles. The van der Waals surface area contributed by atoms with E-state index in [-0.39, 0.29) is 17.9 Å². The summed E-state index contributed by atoms with van der Waals surface area (Å²) in [7, 11) is 3.98. The number of para-hydroxylation sites is 1. The lowest BCUT2D eigenvalue weighted by Gasteiger charge is -2.24. The summed E-state index contributed by atoms with van der Waals surface area (Å²) in [5, 5.41) is 6.76. The maximum absolute atomic E-state index is 13.0. The van der Waals surface area contributed by atoms with E-state index >= 15 is 0 Å². The van der Waals surface area contributed by atoms with Crippen molar-refractivity contribution in [3.63, 3.8) is 0 Å². The molecule has 3 rings (SSSR count). The Kier molecular flexibility index (Phi) is 5.80. The van der Waals surface area contributed by atoms with Gasteiger partial charge in [-0.3, -0.25) is 14.3 Å². The molecule has 1 amide bonds. The van der Waals surface area contributed by atoms with E-state index < -0.39 is 0 Å². The van der Waals surface area contributed by atoms with E-state index in [1.165, 1.54) is 6.20 Å². The zero-order valence-electron chi connectivity index (χ0n) is 15.0. The topological polar surface area (TPSA) is 58.4 Å². The molecule has 26 heavy (non-hydrogen) atoms. The quantitative estimate of drug-likeness (QED) is 0.639. The highest BCUT2D eigenvalue weighted by Crippen LogP contribution is 2.13. The average molecular weight is 370 g/mol. The molecule has 3 aromatic rings. The molecular weight excluding hydrogens is 348 g/mol. The molecule has 1 aromatic carbocycles. The standard InChI is InChI=1S/C19H22N4O2S/c1-21(2)9-10-22(13-15-6-5-11-26-15)19(25)14-23-17-8-4-3-7-16(17)18(24)12-20-23/h3-8,11-12H,9-10,13-14H2,1-2H3. The van der Waals surface area contributed by atoms with Crippen molar-refractivity contribution in [3.05, 3.63) is 63.1 Å². The number of carbonyl (C=O) groups excluding carboxylic acids is 1. The van der Waals surface area contributed by atoms with Crippen LogP contribution in [0.5, 0.6) is 0 Å². The number of amides is 1. The molecule has 0 atom stereocenters. The van der Waals surface area contributed by atoms with E-state index in [0.29, 0.717) is 24.0 Å². The van der Waals surface area contributed by atoms with Crippen LogP contribution >= 0.6 is 11.3 Å². The van der Waals surface area contributed by atoms with Gasteiger partial charge in [-0.1, -0.05) is 18.2 Å². The molecule has 136 valence electrons. The van der Waals surface area contributed by atoms with Crippen LogP contribution in [0, 0.1) is 0 Å². The SMILES string of the molecule is CN(C)CCN(Cc1cccs1)C(=O)Cn1ncc(=O)c2ccccc21.